The van der Waals surface area contributed by atoms with Crippen molar-refractivity contribution < 1.29 is 4.79 Å². The van der Waals surface area contributed by atoms with E-state index in [-0.39, 0.29) is 0 Å². The summed E-state index contributed by atoms with van der Waals surface area (Å²) in [4.78, 5) is 3.39. The summed E-state index contributed by atoms with van der Waals surface area (Å²) in [7, 11) is 0. The molecule has 0 heterocycles. The summed E-state index contributed by atoms with van der Waals surface area (Å²) < 4.78 is 0.961. The van der Waals surface area contributed by atoms with Crippen LogP contribution in [0.5, 0.6) is 0 Å². The Balaban J connectivity index is 2.29. The minimum absolute atomic E-state index is 0.661. The van der Waals surface area contributed by atoms with Crippen molar-refractivity contribution in [1.82, 2.24) is 0 Å². The van der Waals surface area contributed by atoms with Gasteiger partial charge in [0.25, 0.3) is 0 Å². The van der Waals surface area contributed by atoms with Crippen LogP contribution in [-0.2, 0) is 0 Å². The van der Waals surface area contributed by atoms with Crippen molar-refractivity contribution in [1.29, 1.82) is 0 Å². The molecule has 1 aromatic rings. The topological polar surface area (TPSA) is 36.4 Å². The molecule has 2 nitrogen and oxygen atoms in total. The Morgan fingerprint density at radius 1 is 1.06 bits per heavy atom. The van der Waals surface area contributed by atoms with Crippen molar-refractivity contribution in [2.45, 2.75) is 0 Å². The number of allylic oxidation sites excluding steroid dienone is 5. The van der Waals surface area contributed by atoms with Gasteiger partial charge in [-0.25, -0.2) is 0 Å². The summed E-state index contributed by atoms with van der Waals surface area (Å²) in [5.41, 5.74) is 14.3. The molecule has 0 unspecified atom stereocenters. The molecule has 76 valence electrons. The molecule has 3 rings (SSSR count). The number of benzene rings is 1. The number of nitrogens with zero attached hydrogens (tertiary/aromatic N) is 2. The monoisotopic (exact) mass is 318 g/mol. The van der Waals surface area contributed by atoms with Gasteiger partial charge in [0.2, 0.25) is 0 Å². The predicted molar refractivity (Wildman–Crippen MR) is 73.1 cm³/mol. The Morgan fingerprint density at radius 2 is 1.88 bits per heavy atom. The lowest BCUT2D eigenvalue weighted by Crippen LogP contribution is -2.07. The first-order valence-electron chi connectivity index (χ1n) is 4.93. The molecule has 0 saturated heterocycles. The second-order valence-electron chi connectivity index (χ2n) is 3.69. The molecule has 0 bridgehead atoms. The zero-order valence-corrected chi connectivity index (χ0v) is 10.5. The zero-order valence-electron chi connectivity index (χ0n) is 8.31. The molecule has 0 atom stereocenters. The second kappa shape index (κ2) is 3.54. The summed E-state index contributed by atoms with van der Waals surface area (Å²) in [5, 5.41) is 0. The summed E-state index contributed by atoms with van der Waals surface area (Å²) in [6.07, 6.45) is 6.13. The molecule has 0 spiro atoms. The Bertz CT molecular complexity index is 629. The fraction of sp³-hybridized carbons (Fsp3) is 0. The molecule has 3 heteroatoms. The highest BCUT2D eigenvalue weighted by Crippen LogP contribution is 2.40. The number of hydrogen-bond donors (Lipinski definition) is 0. The van der Waals surface area contributed by atoms with Crippen molar-refractivity contribution in [3.8, 4) is 0 Å². The molecule has 0 radical (unpaired) electrons. The summed E-state index contributed by atoms with van der Waals surface area (Å²) >= 11 is 2.18. The van der Waals surface area contributed by atoms with Crippen molar-refractivity contribution in [2.75, 3.05) is 0 Å². The van der Waals surface area contributed by atoms with Gasteiger partial charge in [-0.1, -0.05) is 30.3 Å². The lowest BCUT2D eigenvalue weighted by atomic mass is 9.96. The maximum absolute atomic E-state index is 9.06. The molecular formula is C13H7IN2. The van der Waals surface area contributed by atoms with Crippen LogP contribution < -0.4 is 0 Å². The highest BCUT2D eigenvalue weighted by Gasteiger charge is 2.31. The Kier molecular flexibility index (Phi) is 2.16. The van der Waals surface area contributed by atoms with Crippen LogP contribution in [0.4, 0.5) is 0 Å². The molecule has 2 aliphatic carbocycles. The molecule has 0 amide bonds. The number of hydrogen-bond acceptors (Lipinski definition) is 0. The predicted octanol–water partition coefficient (Wildman–Crippen LogP) is 3.47. The van der Waals surface area contributed by atoms with E-state index < -0.39 is 0 Å². The van der Waals surface area contributed by atoms with E-state index in [2.05, 4.69) is 51.7 Å². The van der Waals surface area contributed by atoms with Crippen LogP contribution in [0.25, 0.3) is 17.2 Å². The van der Waals surface area contributed by atoms with E-state index in [1.807, 2.05) is 18.2 Å². The third-order valence-corrected chi connectivity index (χ3v) is 3.69. The molecule has 0 aromatic heterocycles. The van der Waals surface area contributed by atoms with Gasteiger partial charge >= 0.3 is 5.71 Å². The van der Waals surface area contributed by atoms with Gasteiger partial charge in [0.15, 0.2) is 0 Å². The highest BCUT2D eigenvalue weighted by molar-refractivity contribution is 14.1. The zero-order chi connectivity index (χ0) is 11.1. The largest absolute Gasteiger partial charge is 0.361 e. The van der Waals surface area contributed by atoms with Crippen LogP contribution in [0.2, 0.25) is 0 Å². The first kappa shape index (κ1) is 9.75. The summed E-state index contributed by atoms with van der Waals surface area (Å²) in [5.74, 6) is 0. The van der Waals surface area contributed by atoms with Crippen molar-refractivity contribution in [2.24, 2.45) is 0 Å². The van der Waals surface area contributed by atoms with E-state index in [1.165, 1.54) is 11.1 Å². The van der Waals surface area contributed by atoms with Crippen LogP contribution in [0, 0.1) is 0 Å². The molecule has 16 heavy (non-hydrogen) atoms. The molecule has 0 fully saturated rings. The van der Waals surface area contributed by atoms with Crippen LogP contribution in [-0.4, -0.2) is 10.5 Å². The second-order valence-corrected chi connectivity index (χ2v) is 4.85. The molecule has 1 aromatic carbocycles. The standard InChI is InChI=1S/C13H7IN2/c14-12-6-5-10-9-4-2-1-3-8(9)7-11(10)13(12)16-15/h1-7H. The van der Waals surface area contributed by atoms with E-state index in [0.717, 1.165) is 14.7 Å². The van der Waals surface area contributed by atoms with E-state index in [4.69, 9.17) is 5.53 Å². The van der Waals surface area contributed by atoms with E-state index in [9.17, 15) is 0 Å². The maximum atomic E-state index is 9.06. The molecular weight excluding hydrogens is 311 g/mol. The highest BCUT2D eigenvalue weighted by atomic mass is 127. The Labute approximate surface area is 107 Å². The Morgan fingerprint density at radius 3 is 2.69 bits per heavy atom. The lowest BCUT2D eigenvalue weighted by Gasteiger charge is -2.06. The molecule has 0 N–H and O–H groups in total. The SMILES string of the molecule is [N-]=[N+]=C1C(I)=CC=C2C1=Cc1ccccc12. The van der Waals surface area contributed by atoms with Crippen molar-refractivity contribution in [3.05, 3.63) is 62.2 Å². The van der Waals surface area contributed by atoms with Crippen LogP contribution in [0.1, 0.15) is 11.1 Å². The summed E-state index contributed by atoms with van der Waals surface area (Å²) in [6, 6.07) is 8.20. The van der Waals surface area contributed by atoms with E-state index in [0.29, 0.717) is 5.71 Å². The van der Waals surface area contributed by atoms with Crippen LogP contribution in [0.3, 0.4) is 0 Å². The van der Waals surface area contributed by atoms with Crippen molar-refractivity contribution in [3.63, 3.8) is 0 Å². The lowest BCUT2D eigenvalue weighted by molar-refractivity contribution is -0.00221. The van der Waals surface area contributed by atoms with Crippen molar-refractivity contribution >= 4 is 40.0 Å². The number of rotatable bonds is 0. The minimum Gasteiger partial charge on any atom is -0.361 e. The Hall–Kier alpha value is -1.45. The normalized spacial score (nSPS) is 16.8. The van der Waals surface area contributed by atoms with Gasteiger partial charge in [0.05, 0.1) is 5.57 Å². The van der Waals surface area contributed by atoms with Gasteiger partial charge in [-0.3, -0.25) is 0 Å². The van der Waals surface area contributed by atoms with Gasteiger partial charge in [-0.2, -0.15) is 4.79 Å². The average Bonchev–Trinajstić information content (AvgIpc) is 2.67. The third-order valence-electron chi connectivity index (χ3n) is 2.82. The van der Waals surface area contributed by atoms with Gasteiger partial charge in [-0.15, -0.1) is 0 Å². The average molecular weight is 318 g/mol. The fourth-order valence-corrected chi connectivity index (χ4v) is 2.67. The first-order chi connectivity index (χ1) is 7.81. The third kappa shape index (κ3) is 1.25. The van der Waals surface area contributed by atoms with Gasteiger partial charge in [-0.05, 0) is 51.4 Å². The molecule has 2 aliphatic rings. The first-order valence-corrected chi connectivity index (χ1v) is 6.01. The number of halogens is 1. The van der Waals surface area contributed by atoms with Crippen LogP contribution >= 0.6 is 22.6 Å². The number of fused-ring (bicyclic) bond motifs is 3. The molecule has 0 aliphatic heterocycles. The van der Waals surface area contributed by atoms with Gasteiger partial charge < -0.3 is 5.53 Å². The minimum atomic E-state index is 0.661. The van der Waals surface area contributed by atoms with Gasteiger partial charge in [0.1, 0.15) is 3.58 Å². The van der Waals surface area contributed by atoms with E-state index >= 15 is 0 Å². The summed E-state index contributed by atoms with van der Waals surface area (Å²) in [6.45, 7) is 0. The van der Waals surface area contributed by atoms with Crippen LogP contribution in [0.15, 0.2) is 45.6 Å². The molecule has 0 saturated carbocycles. The van der Waals surface area contributed by atoms with E-state index in [1.54, 1.807) is 0 Å². The fourth-order valence-electron chi connectivity index (χ4n) is 2.09. The quantitative estimate of drug-likeness (QED) is 0.399. The van der Waals surface area contributed by atoms with Gasteiger partial charge in [0, 0.05) is 0 Å². The smallest absolute Gasteiger partial charge is 0.336 e. The maximum Gasteiger partial charge on any atom is 0.336 e.